The highest BCUT2D eigenvalue weighted by molar-refractivity contribution is 5.96. The zero-order chi connectivity index (χ0) is 19.7. The molecule has 0 radical (unpaired) electrons. The fourth-order valence-electron chi connectivity index (χ4n) is 2.04. The summed E-state index contributed by atoms with van der Waals surface area (Å²) in [7, 11) is 1.38. The highest BCUT2D eigenvalue weighted by atomic mass is 16.5. The second-order valence-corrected chi connectivity index (χ2v) is 6.93. The number of hydrogen-bond donors (Lipinski definition) is 2. The van der Waals surface area contributed by atoms with Gasteiger partial charge in [-0.25, -0.2) is 4.79 Å². The van der Waals surface area contributed by atoms with E-state index < -0.39 is 24.0 Å². The predicted molar refractivity (Wildman–Crippen MR) is 98.0 cm³/mol. The average molecular weight is 364 g/mol. The van der Waals surface area contributed by atoms with E-state index in [-0.39, 0.29) is 11.8 Å². The Morgan fingerprint density at radius 3 is 2.27 bits per heavy atom. The number of esters is 1. The van der Waals surface area contributed by atoms with Crippen molar-refractivity contribution in [3.05, 3.63) is 29.8 Å². The van der Waals surface area contributed by atoms with Crippen molar-refractivity contribution in [2.75, 3.05) is 13.7 Å². The summed E-state index contributed by atoms with van der Waals surface area (Å²) in [6, 6.07) is 7.21. The first kappa shape index (κ1) is 21.5. The number of amides is 3. The molecule has 0 saturated heterocycles. The van der Waals surface area contributed by atoms with Gasteiger partial charge in [-0.1, -0.05) is 32.9 Å². The molecule has 1 aromatic carbocycles. The van der Waals surface area contributed by atoms with Crippen molar-refractivity contribution in [2.24, 2.45) is 0 Å². The van der Waals surface area contributed by atoms with Crippen LogP contribution in [0.15, 0.2) is 24.3 Å². The molecule has 0 heterocycles. The molecule has 144 valence electrons. The molecule has 0 bridgehead atoms. The van der Waals surface area contributed by atoms with Crippen molar-refractivity contribution in [3.63, 3.8) is 0 Å². The summed E-state index contributed by atoms with van der Waals surface area (Å²) in [5.74, 6) is -0.450. The van der Waals surface area contributed by atoms with E-state index in [4.69, 9.17) is 9.47 Å². The van der Waals surface area contributed by atoms with E-state index in [2.05, 4.69) is 26.1 Å². The molecular weight excluding hydrogens is 336 g/mol. The van der Waals surface area contributed by atoms with Crippen LogP contribution in [0, 0.1) is 0 Å². The van der Waals surface area contributed by atoms with Crippen molar-refractivity contribution in [2.45, 2.75) is 52.1 Å². The molecule has 0 unspecified atom stereocenters. The van der Waals surface area contributed by atoms with E-state index in [0.29, 0.717) is 13.0 Å². The number of rotatable bonds is 7. The third kappa shape index (κ3) is 7.55. The summed E-state index contributed by atoms with van der Waals surface area (Å²) in [4.78, 5) is 34.3. The fraction of sp³-hybridized carbons (Fsp3) is 0.526. The molecule has 7 heteroatoms. The standard InChI is InChI=1S/C19H28N2O5/c1-13(17(23)21-18(24)20-5)26-16(22)7-6-12-25-15-10-8-14(9-11-15)19(2,3)4/h8-11,13H,6-7,12H2,1-5H3,(H2,20,21,23,24)/t13-/m1/s1. The minimum absolute atomic E-state index is 0.0864. The van der Waals surface area contributed by atoms with Gasteiger partial charge >= 0.3 is 12.0 Å². The number of carbonyl (C=O) groups is 3. The molecular formula is C19H28N2O5. The third-order valence-electron chi connectivity index (χ3n) is 3.66. The van der Waals surface area contributed by atoms with E-state index in [9.17, 15) is 14.4 Å². The van der Waals surface area contributed by atoms with Gasteiger partial charge in [-0.05, 0) is 36.5 Å². The Kier molecular flexibility index (Phi) is 8.09. The van der Waals surface area contributed by atoms with Crippen molar-refractivity contribution in [1.29, 1.82) is 0 Å². The van der Waals surface area contributed by atoms with Gasteiger partial charge in [0.1, 0.15) is 5.75 Å². The first-order valence-electron chi connectivity index (χ1n) is 8.59. The first-order chi connectivity index (χ1) is 12.1. The number of imide groups is 1. The van der Waals surface area contributed by atoms with Gasteiger partial charge in [0, 0.05) is 13.5 Å². The van der Waals surface area contributed by atoms with Crippen LogP contribution in [-0.4, -0.2) is 37.7 Å². The van der Waals surface area contributed by atoms with Gasteiger partial charge in [0.05, 0.1) is 6.61 Å². The molecule has 0 aliphatic heterocycles. The number of urea groups is 1. The SMILES string of the molecule is CNC(=O)NC(=O)[C@@H](C)OC(=O)CCCOc1ccc(C(C)(C)C)cc1. The van der Waals surface area contributed by atoms with Gasteiger partial charge < -0.3 is 14.8 Å². The number of carbonyl (C=O) groups excluding carboxylic acids is 3. The molecule has 0 saturated carbocycles. The molecule has 0 aliphatic carbocycles. The van der Waals surface area contributed by atoms with Crippen LogP contribution in [-0.2, 0) is 19.7 Å². The van der Waals surface area contributed by atoms with Crippen LogP contribution in [0.1, 0.15) is 46.1 Å². The zero-order valence-corrected chi connectivity index (χ0v) is 16.0. The van der Waals surface area contributed by atoms with Crippen LogP contribution >= 0.6 is 0 Å². The van der Waals surface area contributed by atoms with Gasteiger partial charge in [0.25, 0.3) is 5.91 Å². The Hall–Kier alpha value is -2.57. The van der Waals surface area contributed by atoms with Gasteiger partial charge in [-0.2, -0.15) is 0 Å². The maximum Gasteiger partial charge on any atom is 0.321 e. The Morgan fingerprint density at radius 2 is 1.73 bits per heavy atom. The van der Waals surface area contributed by atoms with Gasteiger partial charge in [0.15, 0.2) is 6.10 Å². The molecule has 0 aliphatic rings. The summed E-state index contributed by atoms with van der Waals surface area (Å²) in [6.45, 7) is 8.20. The molecule has 26 heavy (non-hydrogen) atoms. The Balaban J connectivity index is 2.29. The number of hydrogen-bond acceptors (Lipinski definition) is 5. The molecule has 1 rings (SSSR count). The largest absolute Gasteiger partial charge is 0.494 e. The molecule has 1 aromatic rings. The van der Waals surface area contributed by atoms with E-state index in [0.717, 1.165) is 5.75 Å². The summed E-state index contributed by atoms with van der Waals surface area (Å²) in [6.07, 6.45) is -0.452. The Labute approximate surface area is 154 Å². The minimum Gasteiger partial charge on any atom is -0.494 e. The number of ether oxygens (including phenoxy) is 2. The smallest absolute Gasteiger partial charge is 0.321 e. The first-order valence-corrected chi connectivity index (χ1v) is 8.59. The Morgan fingerprint density at radius 1 is 1.12 bits per heavy atom. The molecule has 0 fully saturated rings. The Bertz CT molecular complexity index is 620. The molecule has 0 spiro atoms. The van der Waals surface area contributed by atoms with Crippen molar-refractivity contribution >= 4 is 17.9 Å². The van der Waals surface area contributed by atoms with Crippen molar-refractivity contribution in [1.82, 2.24) is 10.6 Å². The van der Waals surface area contributed by atoms with Gasteiger partial charge in [-0.3, -0.25) is 14.9 Å². The number of nitrogens with one attached hydrogen (secondary N) is 2. The van der Waals surface area contributed by atoms with Crippen LogP contribution in [0.4, 0.5) is 4.79 Å². The minimum atomic E-state index is -1.04. The molecule has 1 atom stereocenters. The average Bonchev–Trinajstić information content (AvgIpc) is 2.58. The van der Waals surface area contributed by atoms with Crippen molar-refractivity contribution in [3.8, 4) is 5.75 Å². The molecule has 7 nitrogen and oxygen atoms in total. The maximum atomic E-state index is 11.7. The lowest BCUT2D eigenvalue weighted by molar-refractivity contribution is -0.154. The van der Waals surface area contributed by atoms with Crippen molar-refractivity contribution < 1.29 is 23.9 Å². The van der Waals surface area contributed by atoms with Crippen LogP contribution in [0.5, 0.6) is 5.75 Å². The number of benzene rings is 1. The van der Waals surface area contributed by atoms with Gasteiger partial charge in [-0.15, -0.1) is 0 Å². The third-order valence-corrected chi connectivity index (χ3v) is 3.66. The lowest BCUT2D eigenvalue weighted by Gasteiger charge is -2.19. The monoisotopic (exact) mass is 364 g/mol. The predicted octanol–water partition coefficient (Wildman–Crippen LogP) is 2.53. The zero-order valence-electron chi connectivity index (χ0n) is 16.0. The van der Waals surface area contributed by atoms with Crippen LogP contribution in [0.3, 0.4) is 0 Å². The highest BCUT2D eigenvalue weighted by Gasteiger charge is 2.19. The molecule has 3 amide bonds. The van der Waals surface area contributed by atoms with Gasteiger partial charge in [0.2, 0.25) is 0 Å². The van der Waals surface area contributed by atoms with Crippen LogP contribution in [0.2, 0.25) is 0 Å². The second-order valence-electron chi connectivity index (χ2n) is 6.93. The van der Waals surface area contributed by atoms with E-state index in [1.165, 1.54) is 19.5 Å². The van der Waals surface area contributed by atoms with Crippen LogP contribution < -0.4 is 15.4 Å². The van der Waals surface area contributed by atoms with E-state index in [1.807, 2.05) is 29.6 Å². The molecule has 0 aromatic heterocycles. The maximum absolute atomic E-state index is 11.7. The van der Waals surface area contributed by atoms with Crippen LogP contribution in [0.25, 0.3) is 0 Å². The molecule has 2 N–H and O–H groups in total. The summed E-state index contributed by atoms with van der Waals surface area (Å²) >= 11 is 0. The lowest BCUT2D eigenvalue weighted by atomic mass is 9.87. The second kappa shape index (κ2) is 9.79. The quantitative estimate of drug-likeness (QED) is 0.573. The summed E-state index contributed by atoms with van der Waals surface area (Å²) in [5.41, 5.74) is 1.31. The highest BCUT2D eigenvalue weighted by Crippen LogP contribution is 2.24. The topological polar surface area (TPSA) is 93.7 Å². The summed E-state index contributed by atoms with van der Waals surface area (Å²) < 4.78 is 10.6. The lowest BCUT2D eigenvalue weighted by Crippen LogP contribution is -2.43. The fourth-order valence-corrected chi connectivity index (χ4v) is 2.04. The van der Waals surface area contributed by atoms with E-state index >= 15 is 0 Å². The van der Waals surface area contributed by atoms with E-state index in [1.54, 1.807) is 0 Å². The summed E-state index contributed by atoms with van der Waals surface area (Å²) in [5, 5.41) is 4.29. The normalized spacial score (nSPS) is 12.0.